The maximum atomic E-state index is 12.4. The van der Waals surface area contributed by atoms with Crippen molar-refractivity contribution < 1.29 is 9.53 Å². The normalized spacial score (nSPS) is 15.4. The lowest BCUT2D eigenvalue weighted by Crippen LogP contribution is -1.97. The molecular weight excluding hydrogens is 248 g/mol. The van der Waals surface area contributed by atoms with E-state index in [9.17, 15) is 4.79 Å². The van der Waals surface area contributed by atoms with Gasteiger partial charge < -0.3 is 4.74 Å². The molecule has 2 nitrogen and oxygen atoms in total. The van der Waals surface area contributed by atoms with Gasteiger partial charge in [-0.2, -0.15) is 0 Å². The molecule has 0 radical (unpaired) electrons. The molecule has 2 aromatic carbocycles. The standard InChI is InChI=1S/C18H16O2/c1-2-20-17-10-6-4-8-14(17)12-15-11-13-7-3-5-9-16(13)18(15)19/h3-10,12H,2,11H2,1H3/b15-12-. The maximum absolute atomic E-state index is 12.4. The number of rotatable bonds is 3. The van der Waals surface area contributed by atoms with E-state index in [2.05, 4.69) is 0 Å². The average molecular weight is 264 g/mol. The van der Waals surface area contributed by atoms with Crippen LogP contribution in [0.3, 0.4) is 0 Å². The van der Waals surface area contributed by atoms with E-state index in [1.807, 2.05) is 61.5 Å². The van der Waals surface area contributed by atoms with E-state index in [4.69, 9.17) is 4.74 Å². The average Bonchev–Trinajstić information content (AvgIpc) is 2.79. The minimum absolute atomic E-state index is 0.131. The van der Waals surface area contributed by atoms with Crippen LogP contribution in [-0.4, -0.2) is 12.4 Å². The van der Waals surface area contributed by atoms with Crippen LogP contribution in [0.25, 0.3) is 6.08 Å². The highest BCUT2D eigenvalue weighted by Crippen LogP contribution is 2.29. The van der Waals surface area contributed by atoms with Crippen molar-refractivity contribution in [1.82, 2.24) is 0 Å². The number of para-hydroxylation sites is 1. The molecule has 0 heterocycles. The molecule has 100 valence electrons. The highest BCUT2D eigenvalue weighted by molar-refractivity contribution is 6.15. The molecule has 2 heteroatoms. The van der Waals surface area contributed by atoms with Gasteiger partial charge in [0.1, 0.15) is 5.75 Å². The maximum Gasteiger partial charge on any atom is 0.189 e. The summed E-state index contributed by atoms with van der Waals surface area (Å²) in [6.45, 7) is 2.58. The van der Waals surface area contributed by atoms with Gasteiger partial charge in [0.25, 0.3) is 0 Å². The number of allylic oxidation sites excluding steroid dienone is 1. The van der Waals surface area contributed by atoms with Crippen LogP contribution in [0.4, 0.5) is 0 Å². The fraction of sp³-hybridized carbons (Fsp3) is 0.167. The van der Waals surface area contributed by atoms with Crippen LogP contribution in [0.2, 0.25) is 0 Å². The zero-order chi connectivity index (χ0) is 13.9. The number of fused-ring (bicyclic) bond motifs is 1. The molecule has 1 aliphatic rings. The SMILES string of the molecule is CCOc1ccccc1/C=C1/Cc2ccccc2C1=O. The van der Waals surface area contributed by atoms with Gasteiger partial charge in [-0.25, -0.2) is 0 Å². The molecule has 0 aromatic heterocycles. The second-order valence-electron chi connectivity index (χ2n) is 4.80. The number of Topliss-reactive ketones (excluding diaryl/α,β-unsaturated/α-hetero) is 1. The number of ketones is 1. The Morgan fingerprint density at radius 2 is 1.85 bits per heavy atom. The van der Waals surface area contributed by atoms with Crippen molar-refractivity contribution in [3.8, 4) is 5.75 Å². The van der Waals surface area contributed by atoms with Crippen LogP contribution >= 0.6 is 0 Å². The Bertz CT molecular complexity index is 683. The summed E-state index contributed by atoms with van der Waals surface area (Å²) in [4.78, 5) is 12.4. The summed E-state index contributed by atoms with van der Waals surface area (Å²) in [7, 11) is 0. The van der Waals surface area contributed by atoms with Gasteiger partial charge in [-0.1, -0.05) is 42.5 Å². The van der Waals surface area contributed by atoms with Crippen molar-refractivity contribution in [2.75, 3.05) is 6.61 Å². The summed E-state index contributed by atoms with van der Waals surface area (Å²) < 4.78 is 5.60. The van der Waals surface area contributed by atoms with E-state index >= 15 is 0 Å². The first-order valence-electron chi connectivity index (χ1n) is 6.84. The summed E-state index contributed by atoms with van der Waals surface area (Å²) in [5, 5.41) is 0. The third-order valence-corrected chi connectivity index (χ3v) is 3.48. The monoisotopic (exact) mass is 264 g/mol. The van der Waals surface area contributed by atoms with Crippen LogP contribution in [0.5, 0.6) is 5.75 Å². The first-order valence-corrected chi connectivity index (χ1v) is 6.84. The molecule has 0 fully saturated rings. The molecule has 0 bridgehead atoms. The van der Waals surface area contributed by atoms with Crippen molar-refractivity contribution in [3.05, 3.63) is 70.8 Å². The van der Waals surface area contributed by atoms with Crippen molar-refractivity contribution in [2.45, 2.75) is 13.3 Å². The zero-order valence-electron chi connectivity index (χ0n) is 11.4. The van der Waals surface area contributed by atoms with Gasteiger partial charge in [-0.05, 0) is 24.6 Å². The van der Waals surface area contributed by atoms with Crippen molar-refractivity contribution >= 4 is 11.9 Å². The fourth-order valence-electron chi connectivity index (χ4n) is 2.55. The van der Waals surface area contributed by atoms with Gasteiger partial charge in [-0.3, -0.25) is 4.79 Å². The lowest BCUT2D eigenvalue weighted by molar-refractivity contribution is 0.104. The fourth-order valence-corrected chi connectivity index (χ4v) is 2.55. The predicted octanol–water partition coefficient (Wildman–Crippen LogP) is 3.91. The van der Waals surface area contributed by atoms with Gasteiger partial charge in [0.05, 0.1) is 6.61 Å². The van der Waals surface area contributed by atoms with Crippen LogP contribution in [-0.2, 0) is 6.42 Å². The van der Waals surface area contributed by atoms with Crippen LogP contribution in [0.1, 0.15) is 28.4 Å². The van der Waals surface area contributed by atoms with Crippen LogP contribution in [0.15, 0.2) is 54.1 Å². The molecule has 1 aliphatic carbocycles. The number of carbonyl (C=O) groups excluding carboxylic acids is 1. The van der Waals surface area contributed by atoms with E-state index < -0.39 is 0 Å². The smallest absolute Gasteiger partial charge is 0.189 e. The Kier molecular flexibility index (Phi) is 3.38. The summed E-state index contributed by atoms with van der Waals surface area (Å²) in [6, 6.07) is 15.6. The summed E-state index contributed by atoms with van der Waals surface area (Å²) in [5.41, 5.74) is 3.73. The van der Waals surface area contributed by atoms with Crippen LogP contribution in [0, 0.1) is 0 Å². The topological polar surface area (TPSA) is 26.3 Å². The minimum Gasteiger partial charge on any atom is -0.493 e. The molecule has 20 heavy (non-hydrogen) atoms. The van der Waals surface area contributed by atoms with Gasteiger partial charge in [0, 0.05) is 23.1 Å². The third-order valence-electron chi connectivity index (χ3n) is 3.48. The second-order valence-corrected chi connectivity index (χ2v) is 4.80. The molecule has 0 amide bonds. The lowest BCUT2D eigenvalue weighted by atomic mass is 10.1. The molecule has 0 saturated heterocycles. The highest BCUT2D eigenvalue weighted by Gasteiger charge is 2.24. The third kappa shape index (κ3) is 2.25. The largest absolute Gasteiger partial charge is 0.493 e. The molecule has 0 aliphatic heterocycles. The number of carbonyl (C=O) groups is 1. The Hall–Kier alpha value is -2.35. The van der Waals surface area contributed by atoms with E-state index in [-0.39, 0.29) is 5.78 Å². The number of benzene rings is 2. The van der Waals surface area contributed by atoms with E-state index in [1.54, 1.807) is 0 Å². The summed E-state index contributed by atoms with van der Waals surface area (Å²) in [6.07, 6.45) is 2.66. The van der Waals surface area contributed by atoms with Crippen molar-refractivity contribution in [2.24, 2.45) is 0 Å². The molecule has 0 unspecified atom stereocenters. The van der Waals surface area contributed by atoms with E-state index in [1.165, 1.54) is 0 Å². The quantitative estimate of drug-likeness (QED) is 0.786. The molecule has 2 aromatic rings. The molecule has 0 atom stereocenters. The van der Waals surface area contributed by atoms with Gasteiger partial charge in [-0.15, -0.1) is 0 Å². The Labute approximate surface area is 118 Å². The van der Waals surface area contributed by atoms with Crippen molar-refractivity contribution in [1.29, 1.82) is 0 Å². The van der Waals surface area contributed by atoms with E-state index in [0.717, 1.165) is 28.0 Å². The summed E-state index contributed by atoms with van der Waals surface area (Å²) >= 11 is 0. The number of hydrogen-bond acceptors (Lipinski definition) is 2. The minimum atomic E-state index is 0.131. The second kappa shape index (κ2) is 5.33. The molecule has 0 spiro atoms. The molecule has 0 N–H and O–H groups in total. The lowest BCUT2D eigenvalue weighted by Gasteiger charge is -2.07. The Balaban J connectivity index is 1.97. The number of hydrogen-bond donors (Lipinski definition) is 0. The first kappa shape index (κ1) is 12.7. The predicted molar refractivity (Wildman–Crippen MR) is 80.1 cm³/mol. The molecule has 3 rings (SSSR count). The first-order chi connectivity index (χ1) is 9.79. The van der Waals surface area contributed by atoms with Gasteiger partial charge in [0.15, 0.2) is 5.78 Å². The molecular formula is C18H16O2. The van der Waals surface area contributed by atoms with Crippen molar-refractivity contribution in [3.63, 3.8) is 0 Å². The Morgan fingerprint density at radius 1 is 1.10 bits per heavy atom. The Morgan fingerprint density at radius 3 is 2.65 bits per heavy atom. The van der Waals surface area contributed by atoms with Gasteiger partial charge in [0.2, 0.25) is 0 Å². The highest BCUT2D eigenvalue weighted by atomic mass is 16.5. The molecule has 0 saturated carbocycles. The summed E-state index contributed by atoms with van der Waals surface area (Å²) in [5.74, 6) is 0.957. The zero-order valence-corrected chi connectivity index (χ0v) is 11.4. The van der Waals surface area contributed by atoms with Crippen LogP contribution < -0.4 is 4.74 Å². The number of ether oxygens (including phenoxy) is 1. The van der Waals surface area contributed by atoms with Gasteiger partial charge >= 0.3 is 0 Å². The van der Waals surface area contributed by atoms with E-state index in [0.29, 0.717) is 13.0 Å².